The van der Waals surface area contributed by atoms with E-state index in [-0.39, 0.29) is 51.4 Å². The number of anilines is 1. The van der Waals surface area contributed by atoms with Crippen LogP contribution in [0.15, 0.2) is 21.1 Å². The van der Waals surface area contributed by atoms with Gasteiger partial charge in [-0.25, -0.2) is 14.6 Å². The standard InChI is InChI=1S/C28H38N8O8S2/c1-11-19-17(12(2)32-22(37)18(16-10-45-27(30)33-16)34-44-28(3,4)26(42)43)24(39)36(19)20(25(40)41)21(11)46-14-7-15(31-8-14)23(38)35-6-5-13(29)9-35/h10-15,17,19,31H,5-9,29H2,1-4H3,(H2,30,33)(H,32,37)(H,40,41)(H,42,43)/b34-18-/t11-,12-,13?,14+,15+,17-,19-/m1/s1. The van der Waals surface area contributed by atoms with Gasteiger partial charge in [0, 0.05) is 53.2 Å². The average molecular weight is 679 g/mol. The van der Waals surface area contributed by atoms with E-state index in [0.717, 1.165) is 17.8 Å². The van der Waals surface area contributed by atoms with Crippen LogP contribution < -0.4 is 22.1 Å². The summed E-state index contributed by atoms with van der Waals surface area (Å²) < 4.78 is 0. The number of carbonyl (C=O) groups excluding carboxylic acids is 3. The third-order valence-electron chi connectivity index (χ3n) is 8.77. The lowest BCUT2D eigenvalue weighted by molar-refractivity contribution is -0.161. The Labute approximate surface area is 272 Å². The molecule has 16 nitrogen and oxygen atoms in total. The number of rotatable bonds is 11. The van der Waals surface area contributed by atoms with E-state index >= 15 is 0 Å². The predicted molar refractivity (Wildman–Crippen MR) is 168 cm³/mol. The van der Waals surface area contributed by atoms with E-state index in [4.69, 9.17) is 16.3 Å². The first-order chi connectivity index (χ1) is 21.6. The lowest BCUT2D eigenvalue weighted by atomic mass is 9.78. The van der Waals surface area contributed by atoms with E-state index in [1.807, 2.05) is 6.92 Å². The van der Waals surface area contributed by atoms with Crippen LogP contribution in [0.1, 0.15) is 46.2 Å². The average Bonchev–Trinajstić information content (AvgIpc) is 3.76. The van der Waals surface area contributed by atoms with Gasteiger partial charge in [0.15, 0.2) is 10.8 Å². The predicted octanol–water partition coefficient (Wildman–Crippen LogP) is -0.390. The molecule has 3 fully saturated rings. The van der Waals surface area contributed by atoms with E-state index in [1.165, 1.54) is 35.9 Å². The molecule has 0 aromatic carbocycles. The van der Waals surface area contributed by atoms with Gasteiger partial charge in [0.05, 0.1) is 18.0 Å². The maximum atomic E-state index is 13.4. The number of hydrogen-bond acceptors (Lipinski definition) is 13. The van der Waals surface area contributed by atoms with Gasteiger partial charge in [0.25, 0.3) is 5.91 Å². The van der Waals surface area contributed by atoms with Gasteiger partial charge in [-0.2, -0.15) is 0 Å². The quantitative estimate of drug-likeness (QED) is 0.0994. The number of hydrogen-bond donors (Lipinski definition) is 6. The number of carbonyl (C=O) groups is 5. The summed E-state index contributed by atoms with van der Waals surface area (Å²) in [5.74, 6) is -4.86. The van der Waals surface area contributed by atoms with Gasteiger partial charge in [0.1, 0.15) is 11.4 Å². The van der Waals surface area contributed by atoms with Crippen LogP contribution >= 0.6 is 23.1 Å². The molecule has 250 valence electrons. The molecule has 0 saturated carbocycles. The summed E-state index contributed by atoms with van der Waals surface area (Å²) in [4.78, 5) is 76.6. The number of carboxylic acid groups (broad SMARTS) is 2. The van der Waals surface area contributed by atoms with Crippen LogP contribution in [0.4, 0.5) is 5.13 Å². The number of nitrogens with one attached hydrogen (secondary N) is 2. The summed E-state index contributed by atoms with van der Waals surface area (Å²) in [5, 5.41) is 30.9. The van der Waals surface area contributed by atoms with Crippen LogP contribution in [0.3, 0.4) is 0 Å². The second-order valence-electron chi connectivity index (χ2n) is 12.5. The molecule has 0 spiro atoms. The number of thioether (sulfide) groups is 1. The second kappa shape index (κ2) is 12.8. The normalized spacial score (nSPS) is 28.6. The molecular formula is C28H38N8O8S2. The molecule has 1 unspecified atom stereocenters. The Kier molecular flexibility index (Phi) is 9.36. The molecular weight excluding hydrogens is 640 g/mol. The van der Waals surface area contributed by atoms with Crippen molar-refractivity contribution in [2.45, 2.75) is 75.6 Å². The topological polar surface area (TPSA) is 243 Å². The third kappa shape index (κ3) is 6.30. The molecule has 8 N–H and O–H groups in total. The highest BCUT2D eigenvalue weighted by Gasteiger charge is 2.60. The number of aromatic nitrogens is 1. The number of fused-ring (bicyclic) bond motifs is 1. The van der Waals surface area contributed by atoms with Gasteiger partial charge in [0.2, 0.25) is 17.4 Å². The second-order valence-corrected chi connectivity index (χ2v) is 14.7. The van der Waals surface area contributed by atoms with Crippen molar-refractivity contribution >= 4 is 63.6 Å². The summed E-state index contributed by atoms with van der Waals surface area (Å²) in [5.41, 5.74) is 9.61. The number of oxime groups is 1. The first-order valence-electron chi connectivity index (χ1n) is 14.9. The van der Waals surface area contributed by atoms with Crippen molar-refractivity contribution in [1.82, 2.24) is 25.4 Å². The van der Waals surface area contributed by atoms with Crippen LogP contribution in [0.2, 0.25) is 0 Å². The number of carboxylic acids is 2. The van der Waals surface area contributed by atoms with Gasteiger partial charge in [-0.05, 0) is 33.6 Å². The minimum Gasteiger partial charge on any atom is -0.478 e. The molecule has 0 bridgehead atoms. The summed E-state index contributed by atoms with van der Waals surface area (Å²) in [6.45, 7) is 7.66. The van der Waals surface area contributed by atoms with Crippen LogP contribution in [0, 0.1) is 11.8 Å². The number of nitrogens with zero attached hydrogens (tertiary/aromatic N) is 4. The minimum atomic E-state index is -1.75. The summed E-state index contributed by atoms with van der Waals surface area (Å²) >= 11 is 2.42. The summed E-state index contributed by atoms with van der Waals surface area (Å²) in [6, 6.07) is -1.70. The summed E-state index contributed by atoms with van der Waals surface area (Å²) in [7, 11) is 0. The highest BCUT2D eigenvalue weighted by atomic mass is 32.2. The SMILES string of the molecule is C[C@@H](NC(=O)/C(=N\OC(C)(C)C(=O)O)c1csc(N)n1)[C@H]1C(=O)N2C(C(=O)O)=C(S[C@@H]3CN[C@H](C(=O)N4CCC(N)C4)C3)[C@H](C)[C@H]12. The number of β-lactam (4-membered cyclic amide) rings is 1. The highest BCUT2D eigenvalue weighted by molar-refractivity contribution is 8.03. The van der Waals surface area contributed by atoms with E-state index in [9.17, 15) is 34.2 Å². The minimum absolute atomic E-state index is 0.00763. The van der Waals surface area contributed by atoms with Crippen molar-refractivity contribution in [3.63, 3.8) is 0 Å². The Morgan fingerprint density at radius 3 is 2.61 bits per heavy atom. The number of amides is 3. The van der Waals surface area contributed by atoms with Crippen LogP contribution in [0.25, 0.3) is 0 Å². The number of nitrogen functional groups attached to an aromatic ring is 1. The molecule has 1 aromatic heterocycles. The lowest BCUT2D eigenvalue weighted by Crippen LogP contribution is -2.66. The number of aliphatic carboxylic acids is 2. The van der Waals surface area contributed by atoms with Crippen molar-refractivity contribution in [2.75, 3.05) is 25.4 Å². The number of nitrogens with two attached hydrogens (primary N) is 2. The van der Waals surface area contributed by atoms with E-state index in [2.05, 4.69) is 20.8 Å². The number of likely N-dealkylation sites (tertiary alicyclic amines) is 1. The zero-order chi connectivity index (χ0) is 33.7. The monoisotopic (exact) mass is 678 g/mol. The molecule has 46 heavy (non-hydrogen) atoms. The van der Waals surface area contributed by atoms with Gasteiger partial charge in [-0.3, -0.25) is 14.4 Å². The fraction of sp³-hybridized carbons (Fsp3) is 0.607. The Morgan fingerprint density at radius 2 is 2.02 bits per heavy atom. The van der Waals surface area contributed by atoms with Gasteiger partial charge in [-0.15, -0.1) is 23.1 Å². The first kappa shape index (κ1) is 33.6. The zero-order valence-electron chi connectivity index (χ0n) is 25.8. The third-order valence-corrected chi connectivity index (χ3v) is 11.0. The Hall–Kier alpha value is -3.74. The molecule has 3 saturated heterocycles. The van der Waals surface area contributed by atoms with Crippen molar-refractivity contribution in [3.8, 4) is 0 Å². The Bertz CT molecular complexity index is 1510. The van der Waals surface area contributed by atoms with Crippen LogP contribution in [-0.2, 0) is 28.8 Å². The fourth-order valence-corrected chi connectivity index (χ4v) is 8.26. The van der Waals surface area contributed by atoms with Crippen molar-refractivity contribution in [1.29, 1.82) is 0 Å². The Balaban J connectivity index is 1.28. The van der Waals surface area contributed by atoms with Crippen molar-refractivity contribution in [2.24, 2.45) is 22.7 Å². The summed E-state index contributed by atoms with van der Waals surface area (Å²) in [6.07, 6.45) is 1.27. The molecule has 4 aliphatic rings. The molecule has 4 aliphatic heterocycles. The zero-order valence-corrected chi connectivity index (χ0v) is 27.4. The highest BCUT2D eigenvalue weighted by Crippen LogP contribution is 2.52. The largest absolute Gasteiger partial charge is 0.478 e. The molecule has 5 heterocycles. The van der Waals surface area contributed by atoms with Crippen molar-refractivity contribution in [3.05, 3.63) is 21.7 Å². The van der Waals surface area contributed by atoms with E-state index in [1.54, 1.807) is 11.8 Å². The molecule has 0 aliphatic carbocycles. The molecule has 5 rings (SSSR count). The molecule has 7 atom stereocenters. The van der Waals surface area contributed by atoms with Gasteiger partial charge >= 0.3 is 11.9 Å². The van der Waals surface area contributed by atoms with E-state index in [0.29, 0.717) is 31.0 Å². The Morgan fingerprint density at radius 1 is 1.30 bits per heavy atom. The molecule has 18 heteroatoms. The van der Waals surface area contributed by atoms with Crippen LogP contribution in [0.5, 0.6) is 0 Å². The first-order valence-corrected chi connectivity index (χ1v) is 16.6. The van der Waals surface area contributed by atoms with Crippen LogP contribution in [-0.4, -0.2) is 115 Å². The fourth-order valence-electron chi connectivity index (χ4n) is 6.23. The molecule has 1 aromatic rings. The molecule has 0 radical (unpaired) electrons. The van der Waals surface area contributed by atoms with Gasteiger partial charge < -0.3 is 47.0 Å². The smallest absolute Gasteiger partial charge is 0.353 e. The van der Waals surface area contributed by atoms with Crippen molar-refractivity contribution < 1.29 is 39.0 Å². The molecule has 3 amide bonds. The number of thiazole rings is 1. The van der Waals surface area contributed by atoms with Gasteiger partial charge in [-0.1, -0.05) is 12.1 Å². The van der Waals surface area contributed by atoms with E-state index < -0.39 is 47.4 Å². The lowest BCUT2D eigenvalue weighted by Gasteiger charge is -2.47. The maximum Gasteiger partial charge on any atom is 0.353 e. The maximum absolute atomic E-state index is 13.4.